The first-order valence-corrected chi connectivity index (χ1v) is 7.70. The van der Waals surface area contributed by atoms with Crippen LogP contribution < -0.4 is 5.32 Å². The van der Waals surface area contributed by atoms with E-state index in [2.05, 4.69) is 41.5 Å². The van der Waals surface area contributed by atoms with E-state index >= 15 is 0 Å². The molecule has 1 aliphatic carbocycles. The Labute approximate surface area is 112 Å². The average molecular weight is 260 g/mol. The van der Waals surface area contributed by atoms with Crippen molar-refractivity contribution in [2.24, 2.45) is 11.8 Å². The molecule has 1 heterocycles. The third-order valence-corrected chi connectivity index (χ3v) is 5.10. The second kappa shape index (κ2) is 5.37. The zero-order valence-corrected chi connectivity index (χ0v) is 11.7. The number of benzene rings is 1. The molecule has 1 aromatic carbocycles. The van der Waals surface area contributed by atoms with Crippen LogP contribution in [0, 0.1) is 11.8 Å². The normalized spacial score (nSPS) is 23.8. The molecule has 0 aliphatic heterocycles. The average Bonchev–Trinajstić information content (AvgIpc) is 2.96. The summed E-state index contributed by atoms with van der Waals surface area (Å²) in [6, 6.07) is 8.38. The number of fused-ring (bicyclic) bond motifs is 1. The molecule has 1 aliphatic rings. The van der Waals surface area contributed by atoms with Crippen LogP contribution in [0.3, 0.4) is 0 Å². The maximum Gasteiger partial charge on any atom is 0.108 e. The molecule has 0 radical (unpaired) electrons. The van der Waals surface area contributed by atoms with Gasteiger partial charge in [0.2, 0.25) is 0 Å². The molecule has 1 N–H and O–H groups in total. The van der Waals surface area contributed by atoms with E-state index < -0.39 is 0 Å². The van der Waals surface area contributed by atoms with Crippen molar-refractivity contribution >= 4 is 21.6 Å². The summed E-state index contributed by atoms with van der Waals surface area (Å²) >= 11 is 1.81. The molecule has 2 nitrogen and oxygen atoms in total. The van der Waals surface area contributed by atoms with Gasteiger partial charge in [-0.2, -0.15) is 0 Å². The number of para-hydroxylation sites is 1. The molecule has 2 aromatic rings. The third-order valence-electron chi connectivity index (χ3n) is 4.06. The van der Waals surface area contributed by atoms with E-state index in [4.69, 9.17) is 0 Å². The van der Waals surface area contributed by atoms with Crippen molar-refractivity contribution < 1.29 is 0 Å². The van der Waals surface area contributed by atoms with E-state index in [1.165, 1.54) is 29.0 Å². The fourth-order valence-electron chi connectivity index (χ4n) is 2.89. The maximum absolute atomic E-state index is 4.65. The largest absolute Gasteiger partial charge is 0.310 e. The van der Waals surface area contributed by atoms with Crippen LogP contribution >= 0.6 is 11.3 Å². The molecule has 0 amide bonds. The minimum atomic E-state index is 0.874. The highest BCUT2D eigenvalue weighted by atomic mass is 32.1. The van der Waals surface area contributed by atoms with Gasteiger partial charge < -0.3 is 5.32 Å². The molecule has 18 heavy (non-hydrogen) atoms. The van der Waals surface area contributed by atoms with Crippen molar-refractivity contribution in [2.45, 2.75) is 32.7 Å². The Morgan fingerprint density at radius 2 is 2.22 bits per heavy atom. The Morgan fingerprint density at radius 3 is 3.00 bits per heavy atom. The fraction of sp³-hybridized carbons (Fsp3) is 0.533. The molecule has 3 rings (SSSR count). The van der Waals surface area contributed by atoms with E-state index in [1.54, 1.807) is 11.3 Å². The third kappa shape index (κ3) is 2.57. The van der Waals surface area contributed by atoms with E-state index in [-0.39, 0.29) is 0 Å². The minimum Gasteiger partial charge on any atom is -0.310 e. The first-order valence-electron chi connectivity index (χ1n) is 6.88. The van der Waals surface area contributed by atoms with Crippen LogP contribution in [0.4, 0.5) is 0 Å². The molecule has 0 saturated heterocycles. The molecule has 2 unspecified atom stereocenters. The molecule has 96 valence electrons. The molecule has 1 fully saturated rings. The number of nitrogens with one attached hydrogen (secondary N) is 1. The SMILES string of the molecule is CC1CCCC1CNCc1nc2ccccc2s1. The summed E-state index contributed by atoms with van der Waals surface area (Å²) in [4.78, 5) is 4.65. The van der Waals surface area contributed by atoms with E-state index in [9.17, 15) is 0 Å². The van der Waals surface area contributed by atoms with Gasteiger partial charge in [-0.1, -0.05) is 31.9 Å². The van der Waals surface area contributed by atoms with Gasteiger partial charge >= 0.3 is 0 Å². The number of aromatic nitrogens is 1. The fourth-order valence-corrected chi connectivity index (χ4v) is 3.82. The van der Waals surface area contributed by atoms with Crippen LogP contribution in [-0.4, -0.2) is 11.5 Å². The highest BCUT2D eigenvalue weighted by molar-refractivity contribution is 7.18. The summed E-state index contributed by atoms with van der Waals surface area (Å²) < 4.78 is 1.29. The summed E-state index contributed by atoms with van der Waals surface area (Å²) in [6.45, 7) is 4.46. The maximum atomic E-state index is 4.65. The Bertz CT molecular complexity index is 487. The van der Waals surface area contributed by atoms with Gasteiger partial charge in [-0.15, -0.1) is 11.3 Å². The Balaban J connectivity index is 1.56. The van der Waals surface area contributed by atoms with Gasteiger partial charge in [0.1, 0.15) is 5.01 Å². The van der Waals surface area contributed by atoms with Crippen LogP contribution in [0.1, 0.15) is 31.2 Å². The molecule has 3 heteroatoms. The zero-order chi connectivity index (χ0) is 12.4. The lowest BCUT2D eigenvalue weighted by Gasteiger charge is -2.15. The molecule has 1 saturated carbocycles. The van der Waals surface area contributed by atoms with Gasteiger partial charge in [0.05, 0.1) is 10.2 Å². The monoisotopic (exact) mass is 260 g/mol. The van der Waals surface area contributed by atoms with Gasteiger partial charge in [-0.3, -0.25) is 0 Å². The number of hydrogen-bond acceptors (Lipinski definition) is 3. The van der Waals surface area contributed by atoms with Gasteiger partial charge in [0.15, 0.2) is 0 Å². The van der Waals surface area contributed by atoms with E-state index in [0.717, 1.165) is 30.4 Å². The van der Waals surface area contributed by atoms with Gasteiger partial charge in [-0.05, 0) is 36.9 Å². The van der Waals surface area contributed by atoms with Gasteiger partial charge in [0, 0.05) is 6.54 Å². The summed E-state index contributed by atoms with van der Waals surface area (Å²) in [7, 11) is 0. The van der Waals surface area contributed by atoms with Crippen molar-refractivity contribution in [3.05, 3.63) is 29.3 Å². The number of rotatable bonds is 4. The van der Waals surface area contributed by atoms with Crippen molar-refractivity contribution in [1.82, 2.24) is 10.3 Å². The number of thiazole rings is 1. The lowest BCUT2D eigenvalue weighted by Crippen LogP contribution is -2.23. The van der Waals surface area contributed by atoms with Crippen LogP contribution in [0.15, 0.2) is 24.3 Å². The van der Waals surface area contributed by atoms with Crippen LogP contribution in [-0.2, 0) is 6.54 Å². The second-order valence-electron chi connectivity index (χ2n) is 5.37. The van der Waals surface area contributed by atoms with Crippen molar-refractivity contribution in [1.29, 1.82) is 0 Å². The molecular formula is C15H20N2S. The van der Waals surface area contributed by atoms with Gasteiger partial charge in [-0.25, -0.2) is 4.98 Å². The smallest absolute Gasteiger partial charge is 0.108 e. The summed E-state index contributed by atoms with van der Waals surface area (Å²) in [5, 5.41) is 4.79. The Morgan fingerprint density at radius 1 is 1.33 bits per heavy atom. The first-order chi connectivity index (χ1) is 8.83. The molecule has 2 atom stereocenters. The predicted octanol–water partition coefficient (Wildman–Crippen LogP) is 3.82. The molecule has 0 bridgehead atoms. The lowest BCUT2D eigenvalue weighted by molar-refractivity contribution is 0.392. The summed E-state index contributed by atoms with van der Waals surface area (Å²) in [6.07, 6.45) is 4.22. The van der Waals surface area contributed by atoms with E-state index in [0.29, 0.717) is 0 Å². The van der Waals surface area contributed by atoms with Crippen molar-refractivity contribution in [3.8, 4) is 0 Å². The van der Waals surface area contributed by atoms with Crippen LogP contribution in [0.5, 0.6) is 0 Å². The highest BCUT2D eigenvalue weighted by Gasteiger charge is 2.22. The number of hydrogen-bond donors (Lipinski definition) is 1. The standard InChI is InChI=1S/C15H20N2S/c1-11-5-4-6-12(11)9-16-10-15-17-13-7-2-3-8-14(13)18-15/h2-3,7-8,11-12,16H,4-6,9-10H2,1H3. The lowest BCUT2D eigenvalue weighted by atomic mass is 9.98. The topological polar surface area (TPSA) is 24.9 Å². The predicted molar refractivity (Wildman–Crippen MR) is 77.8 cm³/mol. The van der Waals surface area contributed by atoms with Crippen molar-refractivity contribution in [2.75, 3.05) is 6.54 Å². The van der Waals surface area contributed by atoms with Crippen LogP contribution in [0.25, 0.3) is 10.2 Å². The second-order valence-corrected chi connectivity index (χ2v) is 6.49. The van der Waals surface area contributed by atoms with Gasteiger partial charge in [0.25, 0.3) is 0 Å². The zero-order valence-electron chi connectivity index (χ0n) is 10.9. The Hall–Kier alpha value is -0.930. The van der Waals surface area contributed by atoms with E-state index in [1.807, 2.05) is 0 Å². The Kier molecular flexibility index (Phi) is 3.62. The molecule has 0 spiro atoms. The first kappa shape index (κ1) is 12.1. The molecule has 1 aromatic heterocycles. The van der Waals surface area contributed by atoms with Crippen molar-refractivity contribution in [3.63, 3.8) is 0 Å². The van der Waals surface area contributed by atoms with Crippen LogP contribution in [0.2, 0.25) is 0 Å². The molecular weight excluding hydrogens is 240 g/mol. The summed E-state index contributed by atoms with van der Waals surface area (Å²) in [5.41, 5.74) is 1.13. The minimum absolute atomic E-state index is 0.874. The quantitative estimate of drug-likeness (QED) is 0.904. The summed E-state index contributed by atoms with van der Waals surface area (Å²) in [5.74, 6) is 1.77. The number of nitrogens with zero attached hydrogens (tertiary/aromatic N) is 1. The highest BCUT2D eigenvalue weighted by Crippen LogP contribution is 2.30.